The molecule has 0 atom stereocenters. The van der Waals surface area contributed by atoms with Gasteiger partial charge in [-0.15, -0.1) is 0 Å². The first-order valence-corrected chi connectivity index (χ1v) is 4.77. The molecule has 1 aromatic heterocycles. The smallest absolute Gasteiger partial charge is 0.309 e. The number of carbonyl (C=O) groups excluding carboxylic acids is 1. The number of halogens is 2. The van der Waals surface area contributed by atoms with Gasteiger partial charge < -0.3 is 4.74 Å². The van der Waals surface area contributed by atoms with E-state index in [-0.39, 0.29) is 12.4 Å². The van der Waals surface area contributed by atoms with Gasteiger partial charge in [0.1, 0.15) is 0 Å². The Bertz CT molecular complexity index is 385. The summed E-state index contributed by atoms with van der Waals surface area (Å²) in [6.45, 7) is 2.01. The highest BCUT2D eigenvalue weighted by atomic mass is 19.1. The van der Waals surface area contributed by atoms with Crippen LogP contribution in [0.3, 0.4) is 0 Å². The van der Waals surface area contributed by atoms with Crippen molar-refractivity contribution in [3.05, 3.63) is 35.7 Å². The molecule has 1 rings (SSSR count). The summed E-state index contributed by atoms with van der Waals surface area (Å²) in [4.78, 5) is 13.9. The first-order valence-electron chi connectivity index (χ1n) is 4.77. The van der Waals surface area contributed by atoms with E-state index in [1.807, 2.05) is 0 Å². The van der Waals surface area contributed by atoms with Crippen LogP contribution in [0.1, 0.15) is 18.9 Å². The lowest BCUT2D eigenvalue weighted by Gasteiger charge is -1.97. The summed E-state index contributed by atoms with van der Waals surface area (Å²) in [6.07, 6.45) is 2.98. The van der Waals surface area contributed by atoms with Gasteiger partial charge in [0, 0.05) is 12.1 Å². The van der Waals surface area contributed by atoms with Crippen molar-refractivity contribution in [2.45, 2.75) is 13.3 Å². The molecule has 0 amide bonds. The fourth-order valence-corrected chi connectivity index (χ4v) is 1.09. The lowest BCUT2D eigenvalue weighted by molar-refractivity contribution is -0.142. The van der Waals surface area contributed by atoms with E-state index >= 15 is 0 Å². The Labute approximate surface area is 91.8 Å². The molecule has 0 aromatic carbocycles. The molecule has 1 aromatic rings. The number of ether oxygens (including phenoxy) is 1. The molecule has 0 N–H and O–H groups in total. The van der Waals surface area contributed by atoms with Crippen LogP contribution in [0, 0.1) is 11.9 Å². The highest BCUT2D eigenvalue weighted by molar-refractivity contribution is 5.72. The highest BCUT2D eigenvalue weighted by Crippen LogP contribution is 2.06. The van der Waals surface area contributed by atoms with Crippen LogP contribution in [-0.2, 0) is 9.53 Å². The maximum absolute atomic E-state index is 12.7. The summed E-state index contributed by atoms with van der Waals surface area (Å²) in [5, 5.41) is 0. The minimum atomic E-state index is -0.893. The molecule has 86 valence electrons. The number of carbonyl (C=O) groups is 1. The van der Waals surface area contributed by atoms with Crippen LogP contribution in [0.4, 0.5) is 8.78 Å². The Hall–Kier alpha value is -1.78. The monoisotopic (exact) mass is 227 g/mol. The number of pyridine rings is 1. The van der Waals surface area contributed by atoms with Crippen LogP contribution in [-0.4, -0.2) is 17.6 Å². The summed E-state index contributed by atoms with van der Waals surface area (Å²) in [5.41, 5.74) is 0.314. The van der Waals surface area contributed by atoms with Gasteiger partial charge in [0.05, 0.1) is 13.0 Å². The fourth-order valence-electron chi connectivity index (χ4n) is 1.09. The van der Waals surface area contributed by atoms with Crippen molar-refractivity contribution in [1.29, 1.82) is 0 Å². The van der Waals surface area contributed by atoms with Gasteiger partial charge in [-0.2, -0.15) is 13.8 Å². The molecule has 0 spiro atoms. The van der Waals surface area contributed by atoms with E-state index in [1.54, 1.807) is 6.92 Å². The third-order valence-electron chi connectivity index (χ3n) is 1.69. The van der Waals surface area contributed by atoms with Gasteiger partial charge in [-0.25, -0.2) is 0 Å². The zero-order valence-electron chi connectivity index (χ0n) is 8.74. The predicted molar refractivity (Wildman–Crippen MR) is 54.4 cm³/mol. The molecule has 0 aliphatic rings. The van der Waals surface area contributed by atoms with E-state index in [9.17, 15) is 13.6 Å². The normalized spacial score (nSPS) is 10.7. The van der Waals surface area contributed by atoms with Gasteiger partial charge in [0.2, 0.25) is 11.9 Å². The molecule has 0 radical (unpaired) electrons. The fraction of sp³-hybridized carbons (Fsp3) is 0.273. The average molecular weight is 227 g/mol. The van der Waals surface area contributed by atoms with E-state index in [1.165, 1.54) is 12.2 Å². The van der Waals surface area contributed by atoms with Gasteiger partial charge in [-0.3, -0.25) is 4.79 Å². The Morgan fingerprint density at radius 1 is 1.44 bits per heavy atom. The number of esters is 1. The lowest BCUT2D eigenvalue weighted by Crippen LogP contribution is -2.01. The molecule has 3 nitrogen and oxygen atoms in total. The van der Waals surface area contributed by atoms with Crippen molar-refractivity contribution in [3.8, 4) is 0 Å². The number of hydrogen-bond donors (Lipinski definition) is 0. The summed E-state index contributed by atoms with van der Waals surface area (Å²) in [6, 6.07) is 2.15. The molecule has 0 aliphatic heterocycles. The molecule has 0 unspecified atom stereocenters. The zero-order valence-corrected chi connectivity index (χ0v) is 8.74. The van der Waals surface area contributed by atoms with Gasteiger partial charge in [0.25, 0.3) is 0 Å². The Kier molecular flexibility index (Phi) is 4.57. The number of rotatable bonds is 4. The van der Waals surface area contributed by atoms with Crippen molar-refractivity contribution in [2.75, 3.05) is 6.61 Å². The van der Waals surface area contributed by atoms with Crippen molar-refractivity contribution in [2.24, 2.45) is 0 Å². The summed E-state index contributed by atoms with van der Waals surface area (Å²) < 4.78 is 30.0. The van der Waals surface area contributed by atoms with Crippen LogP contribution in [0.25, 0.3) is 6.08 Å². The molecule has 0 fully saturated rings. The maximum atomic E-state index is 12.7. The van der Waals surface area contributed by atoms with Crippen molar-refractivity contribution < 1.29 is 18.3 Å². The first-order chi connectivity index (χ1) is 7.61. The van der Waals surface area contributed by atoms with Gasteiger partial charge in [-0.05, 0) is 12.5 Å². The molecule has 0 saturated heterocycles. The van der Waals surface area contributed by atoms with Crippen LogP contribution in [0.15, 0.2) is 18.2 Å². The van der Waals surface area contributed by atoms with E-state index in [4.69, 9.17) is 0 Å². The van der Waals surface area contributed by atoms with Gasteiger partial charge in [0.15, 0.2) is 0 Å². The van der Waals surface area contributed by atoms with Gasteiger partial charge >= 0.3 is 5.97 Å². The minimum Gasteiger partial charge on any atom is -0.466 e. The number of hydrogen-bond acceptors (Lipinski definition) is 3. The molecule has 5 heteroatoms. The topological polar surface area (TPSA) is 39.2 Å². The highest BCUT2D eigenvalue weighted by Gasteiger charge is 2.00. The quantitative estimate of drug-likeness (QED) is 0.585. The van der Waals surface area contributed by atoms with Crippen LogP contribution < -0.4 is 0 Å². The predicted octanol–water partition coefficient (Wildman–Crippen LogP) is 2.33. The molecular weight excluding hydrogens is 216 g/mol. The van der Waals surface area contributed by atoms with Crippen LogP contribution in [0.2, 0.25) is 0 Å². The Morgan fingerprint density at radius 2 is 2.06 bits per heavy atom. The van der Waals surface area contributed by atoms with Crippen molar-refractivity contribution in [3.63, 3.8) is 0 Å². The summed E-state index contributed by atoms with van der Waals surface area (Å²) in [7, 11) is 0. The Balaban J connectivity index is 2.59. The van der Waals surface area contributed by atoms with Gasteiger partial charge in [-0.1, -0.05) is 12.2 Å². The molecular formula is C11H11F2NO2. The number of nitrogens with zero attached hydrogens (tertiary/aromatic N) is 1. The van der Waals surface area contributed by atoms with E-state index in [0.717, 1.165) is 12.1 Å². The number of aromatic nitrogens is 1. The van der Waals surface area contributed by atoms with Crippen molar-refractivity contribution >= 4 is 12.0 Å². The molecule has 0 aliphatic carbocycles. The zero-order chi connectivity index (χ0) is 12.0. The molecule has 16 heavy (non-hydrogen) atoms. The van der Waals surface area contributed by atoms with Crippen molar-refractivity contribution in [1.82, 2.24) is 4.98 Å². The summed E-state index contributed by atoms with van der Waals surface area (Å²) >= 11 is 0. The molecule has 0 saturated carbocycles. The molecule has 1 heterocycles. The maximum Gasteiger partial charge on any atom is 0.309 e. The largest absolute Gasteiger partial charge is 0.466 e. The Morgan fingerprint density at radius 3 is 2.62 bits per heavy atom. The van der Waals surface area contributed by atoms with E-state index in [0.29, 0.717) is 12.2 Å². The minimum absolute atomic E-state index is 0.0689. The second-order valence-electron chi connectivity index (χ2n) is 2.96. The average Bonchev–Trinajstić information content (AvgIpc) is 2.16. The SMILES string of the molecule is CCOC(=O)CC=Cc1cc(F)nc(F)c1. The van der Waals surface area contributed by atoms with E-state index in [2.05, 4.69) is 9.72 Å². The second kappa shape index (κ2) is 5.95. The summed E-state index contributed by atoms with van der Waals surface area (Å²) in [5.74, 6) is -2.17. The first kappa shape index (κ1) is 12.3. The third kappa shape index (κ3) is 4.16. The standard InChI is InChI=1S/C11H11F2NO2/c1-2-16-11(15)5-3-4-8-6-9(12)14-10(13)7-8/h3-4,6-7H,2,5H2,1H3. The second-order valence-corrected chi connectivity index (χ2v) is 2.96. The van der Waals surface area contributed by atoms with Crippen LogP contribution >= 0.6 is 0 Å². The molecule has 0 bridgehead atoms. The lowest BCUT2D eigenvalue weighted by atomic mass is 10.2. The third-order valence-corrected chi connectivity index (χ3v) is 1.69. The van der Waals surface area contributed by atoms with Crippen LogP contribution in [0.5, 0.6) is 0 Å². The van der Waals surface area contributed by atoms with E-state index < -0.39 is 11.9 Å².